The van der Waals surface area contributed by atoms with Crippen molar-refractivity contribution in [2.24, 2.45) is 4.90 Å². The number of carbonyl (C=O) groups excluding carboxylic acids is 1. The standard InChI is InChI=1S/CH2BNO/c2-3-1-4/h2H2. The van der Waals surface area contributed by atoms with Gasteiger partial charge >= 0.3 is 0 Å². The number of hydrogen-bond donors (Lipinski definition) is 0. The number of rotatable bonds is 0. The van der Waals surface area contributed by atoms with Crippen LogP contribution in [0.1, 0.15) is 0 Å². The third kappa shape index (κ3) is 1.44. The van der Waals surface area contributed by atoms with Crippen LogP contribution in [0.4, 0.5) is 0 Å². The molecule has 0 aromatic rings. The first kappa shape index (κ1) is 3.44. The second kappa shape index (κ2) is 2.44. The molecule has 3 heteroatoms. The van der Waals surface area contributed by atoms with E-state index in [0.29, 0.717) is 0 Å². The summed E-state index contributed by atoms with van der Waals surface area (Å²) in [6, 6.07) is 0. The van der Waals surface area contributed by atoms with Gasteiger partial charge in [-0.25, -0.2) is 4.79 Å². The van der Waals surface area contributed by atoms with E-state index in [1.807, 2.05) is 0 Å². The zero-order valence-corrected chi connectivity index (χ0v) is 2.36. The van der Waals surface area contributed by atoms with Crippen molar-refractivity contribution in [3.63, 3.8) is 0 Å². The molecule has 0 radical (unpaired) electrons. The van der Waals surface area contributed by atoms with Crippen molar-refractivity contribution >= 4 is 14.1 Å². The molecule has 4 heavy (non-hydrogen) atoms. The molecule has 0 bridgehead atoms. The predicted molar refractivity (Wildman–Crippen MR) is 16.7 cm³/mol. The Labute approximate surface area is 25.0 Å². The Balaban J connectivity index is 3.11. The summed E-state index contributed by atoms with van der Waals surface area (Å²) in [7, 11) is 1.38. The van der Waals surface area contributed by atoms with Crippen molar-refractivity contribution in [3.05, 3.63) is 0 Å². The number of isocyanates is 1. The lowest BCUT2D eigenvalue weighted by Crippen LogP contribution is -1.43. The summed E-state index contributed by atoms with van der Waals surface area (Å²) < 4.78 is 0. The fraction of sp³-hybridized carbons (Fsp3) is 0. The minimum absolute atomic E-state index is 1.31. The van der Waals surface area contributed by atoms with Gasteiger partial charge in [-0.05, 0) is 0 Å². The first-order chi connectivity index (χ1) is 1.91. The summed E-state index contributed by atoms with van der Waals surface area (Å²) in [5, 5.41) is 0. The second-order valence-corrected chi connectivity index (χ2v) is 0.315. The molecule has 0 heterocycles. The maximum Gasteiger partial charge on any atom is 0.261 e. The molecule has 0 aromatic heterocycles. The van der Waals surface area contributed by atoms with Crippen LogP contribution in [-0.4, -0.2) is 14.1 Å². The molecule has 0 atom stereocenters. The summed E-state index contributed by atoms with van der Waals surface area (Å²) in [5.41, 5.74) is 0. The van der Waals surface area contributed by atoms with Gasteiger partial charge in [0.1, 0.15) is 0 Å². The van der Waals surface area contributed by atoms with Gasteiger partial charge < -0.3 is 0 Å². The molecule has 0 saturated heterocycles. The SMILES string of the molecule is BN=C=O. The van der Waals surface area contributed by atoms with Gasteiger partial charge in [0.15, 0.2) is 0 Å². The minimum atomic E-state index is 1.31. The van der Waals surface area contributed by atoms with Crippen LogP contribution in [0, 0.1) is 0 Å². The van der Waals surface area contributed by atoms with Gasteiger partial charge in [0.05, 0.1) is 0 Å². The van der Waals surface area contributed by atoms with E-state index >= 15 is 0 Å². The van der Waals surface area contributed by atoms with Gasteiger partial charge in [-0.2, -0.15) is 0 Å². The van der Waals surface area contributed by atoms with E-state index in [2.05, 4.69) is 4.90 Å². The summed E-state index contributed by atoms with van der Waals surface area (Å²) in [6.45, 7) is 0. The molecule has 0 unspecified atom stereocenters. The lowest BCUT2D eigenvalue weighted by atomic mass is 10.5. The smallest absolute Gasteiger partial charge is 0.261 e. The predicted octanol–water partition coefficient (Wildman–Crippen LogP) is -1.13. The third-order valence-corrected chi connectivity index (χ3v) is 0.0913. The highest BCUT2D eigenvalue weighted by Gasteiger charge is 1.32. The highest BCUT2D eigenvalue weighted by molar-refractivity contribution is 6.07. The lowest BCUT2D eigenvalue weighted by molar-refractivity contribution is 0.566. The molecule has 20 valence electrons. The first-order valence-electron chi connectivity index (χ1n) is 0.875. The van der Waals surface area contributed by atoms with Crippen LogP contribution in [0.3, 0.4) is 0 Å². The van der Waals surface area contributed by atoms with Crippen LogP contribution in [0.5, 0.6) is 0 Å². The average molecular weight is 54.8 g/mol. The molecule has 0 aliphatic heterocycles. The molecule has 0 aliphatic rings. The zero-order valence-electron chi connectivity index (χ0n) is 2.36. The Morgan fingerprint density at radius 1 is 2.00 bits per heavy atom. The number of hydrogen-bond acceptors (Lipinski definition) is 2. The summed E-state index contributed by atoms with van der Waals surface area (Å²) in [6.07, 6.45) is 1.31. The van der Waals surface area contributed by atoms with E-state index in [4.69, 9.17) is 4.79 Å². The molecule has 0 fully saturated rings. The number of nitrogens with zero attached hydrogens (tertiary/aromatic N) is 1. The minimum Gasteiger partial charge on any atom is -0.278 e. The fourth-order valence-electron chi connectivity index (χ4n) is 0. The second-order valence-electron chi connectivity index (χ2n) is 0.315. The Hall–Kier alpha value is -0.555. The van der Waals surface area contributed by atoms with E-state index < -0.39 is 0 Å². The molecule has 0 N–H and O–H groups in total. The Morgan fingerprint density at radius 2 is 2.25 bits per heavy atom. The van der Waals surface area contributed by atoms with E-state index in [-0.39, 0.29) is 0 Å². The van der Waals surface area contributed by atoms with Crippen LogP contribution in [0.25, 0.3) is 0 Å². The van der Waals surface area contributed by atoms with Gasteiger partial charge in [0.2, 0.25) is 6.08 Å². The van der Waals surface area contributed by atoms with E-state index in [1.54, 1.807) is 0 Å². The van der Waals surface area contributed by atoms with E-state index in [0.717, 1.165) is 0 Å². The van der Waals surface area contributed by atoms with Crippen molar-refractivity contribution < 1.29 is 4.79 Å². The van der Waals surface area contributed by atoms with Crippen LogP contribution >= 0.6 is 0 Å². The highest BCUT2D eigenvalue weighted by atomic mass is 16.1. The molecule has 0 saturated carbocycles. The first-order valence-corrected chi connectivity index (χ1v) is 0.875. The average Bonchev–Trinajstić information content (AvgIpc) is 1.37. The Bertz CT molecular complexity index is 46.0. The van der Waals surface area contributed by atoms with Crippen LogP contribution in [0.15, 0.2) is 4.90 Å². The molecule has 0 amide bonds. The third-order valence-electron chi connectivity index (χ3n) is 0.0913. The van der Waals surface area contributed by atoms with E-state index in [9.17, 15) is 0 Å². The molecule has 0 spiro atoms. The van der Waals surface area contributed by atoms with Gasteiger partial charge in [0, 0.05) is 0 Å². The summed E-state index contributed by atoms with van der Waals surface area (Å²) in [4.78, 5) is 11.8. The highest BCUT2D eigenvalue weighted by Crippen LogP contribution is 1.24. The summed E-state index contributed by atoms with van der Waals surface area (Å²) in [5.74, 6) is 0. The van der Waals surface area contributed by atoms with Crippen LogP contribution < -0.4 is 0 Å². The molecule has 2 nitrogen and oxygen atoms in total. The summed E-state index contributed by atoms with van der Waals surface area (Å²) >= 11 is 0. The van der Waals surface area contributed by atoms with Crippen LogP contribution in [-0.2, 0) is 4.79 Å². The van der Waals surface area contributed by atoms with Gasteiger partial charge in [-0.3, -0.25) is 4.90 Å². The van der Waals surface area contributed by atoms with E-state index in [1.165, 1.54) is 14.1 Å². The van der Waals surface area contributed by atoms with Crippen molar-refractivity contribution in [1.29, 1.82) is 0 Å². The topological polar surface area (TPSA) is 29.4 Å². The van der Waals surface area contributed by atoms with Crippen molar-refractivity contribution in [2.75, 3.05) is 0 Å². The van der Waals surface area contributed by atoms with Crippen LogP contribution in [0.2, 0.25) is 0 Å². The van der Waals surface area contributed by atoms with Crippen molar-refractivity contribution in [3.8, 4) is 0 Å². The van der Waals surface area contributed by atoms with Gasteiger partial charge in [-0.1, -0.05) is 0 Å². The van der Waals surface area contributed by atoms with Gasteiger partial charge in [-0.15, -0.1) is 0 Å². The zero-order chi connectivity index (χ0) is 3.41. The maximum absolute atomic E-state index is 8.88. The molecule has 0 aromatic carbocycles. The lowest BCUT2D eigenvalue weighted by Gasteiger charge is -1.35. The molecular weight excluding hydrogens is 52.8 g/mol. The molecular formula is CH2BNO. The normalized spacial score (nSPS) is 4.00. The molecule has 0 rings (SSSR count). The van der Waals surface area contributed by atoms with Gasteiger partial charge in [0.25, 0.3) is 7.98 Å². The van der Waals surface area contributed by atoms with Crippen molar-refractivity contribution in [1.82, 2.24) is 0 Å². The Kier molecular flexibility index (Phi) is 2.11. The maximum atomic E-state index is 8.88. The van der Waals surface area contributed by atoms with Crippen molar-refractivity contribution in [2.45, 2.75) is 0 Å². The largest absolute Gasteiger partial charge is 0.278 e. The molecule has 0 aliphatic carbocycles. The Morgan fingerprint density at radius 3 is 2.25 bits per heavy atom. The monoisotopic (exact) mass is 55.0 g/mol. The fourth-order valence-corrected chi connectivity index (χ4v) is 0. The quantitative estimate of drug-likeness (QED) is 0.196.